The molecule has 0 bridgehead atoms. The molecule has 84 valence electrons. The van der Waals surface area contributed by atoms with Gasteiger partial charge in [-0.3, -0.25) is 4.79 Å². The van der Waals surface area contributed by atoms with Crippen LogP contribution in [0.4, 0.5) is 0 Å². The maximum absolute atomic E-state index is 12.0. The van der Waals surface area contributed by atoms with E-state index in [9.17, 15) is 4.79 Å². The van der Waals surface area contributed by atoms with Crippen molar-refractivity contribution in [3.8, 4) is 0 Å². The molecule has 0 saturated heterocycles. The van der Waals surface area contributed by atoms with Gasteiger partial charge < -0.3 is 5.32 Å². The average Bonchev–Trinajstić information content (AvgIpc) is 2.66. The predicted octanol–water partition coefficient (Wildman–Crippen LogP) is 0.726. The van der Waals surface area contributed by atoms with E-state index in [2.05, 4.69) is 15.6 Å². The molecule has 1 aromatic rings. The number of aromatic nitrogens is 3. The second-order valence-corrected chi connectivity index (χ2v) is 3.67. The van der Waals surface area contributed by atoms with Crippen LogP contribution in [0.25, 0.3) is 0 Å². The number of carbonyl (C=O) groups excluding carboxylic acids is 1. The highest BCUT2D eigenvalue weighted by molar-refractivity contribution is 5.95. The molecule has 0 radical (unpaired) electrons. The standard InChI is InChI=1S/C10H18N4O/c1-4-5-14-9(7-12-13-14)10(15)8(2)6-11-3/h7-8,11H,4-6H2,1-3H3. The maximum Gasteiger partial charge on any atom is 0.186 e. The molecule has 0 saturated carbocycles. The fourth-order valence-electron chi connectivity index (χ4n) is 1.48. The Balaban J connectivity index is 2.76. The van der Waals surface area contributed by atoms with Crippen LogP contribution in [0.2, 0.25) is 0 Å². The Labute approximate surface area is 89.9 Å². The summed E-state index contributed by atoms with van der Waals surface area (Å²) in [4.78, 5) is 12.0. The average molecular weight is 210 g/mol. The molecule has 0 spiro atoms. The molecule has 1 heterocycles. The zero-order valence-corrected chi connectivity index (χ0v) is 9.53. The lowest BCUT2D eigenvalue weighted by molar-refractivity contribution is 0.0919. The third-order valence-corrected chi connectivity index (χ3v) is 2.26. The van der Waals surface area contributed by atoms with E-state index in [-0.39, 0.29) is 11.7 Å². The van der Waals surface area contributed by atoms with E-state index < -0.39 is 0 Å². The van der Waals surface area contributed by atoms with Crippen LogP contribution in [0, 0.1) is 5.92 Å². The quantitative estimate of drug-likeness (QED) is 0.703. The van der Waals surface area contributed by atoms with Gasteiger partial charge in [-0.25, -0.2) is 4.68 Å². The number of hydrogen-bond acceptors (Lipinski definition) is 4. The Kier molecular flexibility index (Phi) is 4.42. The van der Waals surface area contributed by atoms with E-state index in [1.165, 1.54) is 0 Å². The molecule has 1 unspecified atom stereocenters. The minimum Gasteiger partial charge on any atom is -0.319 e. The van der Waals surface area contributed by atoms with Gasteiger partial charge in [0.05, 0.1) is 6.20 Å². The number of carbonyl (C=O) groups is 1. The molecule has 5 heteroatoms. The van der Waals surface area contributed by atoms with Crippen LogP contribution in [0.3, 0.4) is 0 Å². The molecule has 0 aliphatic heterocycles. The van der Waals surface area contributed by atoms with Crippen molar-refractivity contribution >= 4 is 5.78 Å². The maximum atomic E-state index is 12.0. The smallest absolute Gasteiger partial charge is 0.186 e. The van der Waals surface area contributed by atoms with E-state index in [1.54, 1.807) is 10.9 Å². The lowest BCUT2D eigenvalue weighted by Gasteiger charge is -2.09. The summed E-state index contributed by atoms with van der Waals surface area (Å²) in [6.45, 7) is 5.37. The molecule has 1 atom stereocenters. The first-order chi connectivity index (χ1) is 7.20. The van der Waals surface area contributed by atoms with Crippen molar-refractivity contribution in [1.82, 2.24) is 20.3 Å². The molecule has 1 aromatic heterocycles. The Bertz CT molecular complexity index is 321. The normalized spacial score (nSPS) is 12.7. The van der Waals surface area contributed by atoms with Gasteiger partial charge in [-0.15, -0.1) is 5.10 Å². The number of aryl methyl sites for hydroxylation is 1. The van der Waals surface area contributed by atoms with Crippen LogP contribution in [0.1, 0.15) is 30.8 Å². The molecule has 1 N–H and O–H groups in total. The summed E-state index contributed by atoms with van der Waals surface area (Å²) >= 11 is 0. The number of nitrogens with zero attached hydrogens (tertiary/aromatic N) is 3. The van der Waals surface area contributed by atoms with E-state index in [0.29, 0.717) is 12.2 Å². The lowest BCUT2D eigenvalue weighted by Crippen LogP contribution is -2.25. The number of ketones is 1. The Morgan fingerprint density at radius 3 is 3.00 bits per heavy atom. The van der Waals surface area contributed by atoms with Gasteiger partial charge in [-0.05, 0) is 13.5 Å². The van der Waals surface area contributed by atoms with E-state index in [4.69, 9.17) is 0 Å². The molecule has 5 nitrogen and oxygen atoms in total. The van der Waals surface area contributed by atoms with Gasteiger partial charge in [-0.1, -0.05) is 19.1 Å². The zero-order valence-electron chi connectivity index (χ0n) is 9.53. The first kappa shape index (κ1) is 11.8. The lowest BCUT2D eigenvalue weighted by atomic mass is 10.0. The zero-order chi connectivity index (χ0) is 11.3. The van der Waals surface area contributed by atoms with Crippen LogP contribution in [-0.4, -0.2) is 34.4 Å². The number of hydrogen-bond donors (Lipinski definition) is 1. The van der Waals surface area contributed by atoms with Crippen molar-refractivity contribution < 1.29 is 4.79 Å². The van der Waals surface area contributed by atoms with Gasteiger partial charge in [-0.2, -0.15) is 0 Å². The van der Waals surface area contributed by atoms with Crippen molar-refractivity contribution in [3.63, 3.8) is 0 Å². The van der Waals surface area contributed by atoms with Crippen molar-refractivity contribution in [2.75, 3.05) is 13.6 Å². The Morgan fingerprint density at radius 1 is 1.67 bits per heavy atom. The number of nitrogens with one attached hydrogen (secondary N) is 1. The van der Waals surface area contributed by atoms with Gasteiger partial charge in [0.25, 0.3) is 0 Å². The Hall–Kier alpha value is -1.23. The number of Topliss-reactive ketones (excluding diaryl/α,β-unsaturated/α-hetero) is 1. The topological polar surface area (TPSA) is 59.8 Å². The largest absolute Gasteiger partial charge is 0.319 e. The minimum atomic E-state index is -0.0379. The molecule has 0 aliphatic rings. The second-order valence-electron chi connectivity index (χ2n) is 3.67. The van der Waals surface area contributed by atoms with Crippen LogP contribution in [-0.2, 0) is 6.54 Å². The summed E-state index contributed by atoms with van der Waals surface area (Å²) in [5, 5.41) is 10.7. The minimum absolute atomic E-state index is 0.0379. The summed E-state index contributed by atoms with van der Waals surface area (Å²) in [7, 11) is 1.84. The van der Waals surface area contributed by atoms with Crippen molar-refractivity contribution in [2.45, 2.75) is 26.8 Å². The highest BCUT2D eigenvalue weighted by Gasteiger charge is 2.18. The first-order valence-corrected chi connectivity index (χ1v) is 5.28. The summed E-state index contributed by atoms with van der Waals surface area (Å²) < 4.78 is 1.68. The SMILES string of the molecule is CCCn1nncc1C(=O)C(C)CNC. The molecule has 0 amide bonds. The van der Waals surface area contributed by atoms with Crippen LogP contribution in [0.15, 0.2) is 6.20 Å². The molecule has 0 aliphatic carbocycles. The highest BCUT2D eigenvalue weighted by Crippen LogP contribution is 2.07. The first-order valence-electron chi connectivity index (χ1n) is 5.28. The number of rotatable bonds is 6. The van der Waals surface area contributed by atoms with Crippen LogP contribution >= 0.6 is 0 Å². The summed E-state index contributed by atoms with van der Waals surface area (Å²) in [5.74, 6) is 0.0620. The van der Waals surface area contributed by atoms with Crippen LogP contribution < -0.4 is 5.32 Å². The third-order valence-electron chi connectivity index (χ3n) is 2.26. The van der Waals surface area contributed by atoms with E-state index in [0.717, 1.165) is 13.0 Å². The van der Waals surface area contributed by atoms with Crippen molar-refractivity contribution in [1.29, 1.82) is 0 Å². The summed E-state index contributed by atoms with van der Waals surface area (Å²) in [6, 6.07) is 0. The Morgan fingerprint density at radius 2 is 2.40 bits per heavy atom. The van der Waals surface area contributed by atoms with Gasteiger partial charge in [0.1, 0.15) is 5.69 Å². The van der Waals surface area contributed by atoms with Gasteiger partial charge >= 0.3 is 0 Å². The molecule has 1 rings (SSSR count). The van der Waals surface area contributed by atoms with Crippen LogP contribution in [0.5, 0.6) is 0 Å². The van der Waals surface area contributed by atoms with Crippen molar-refractivity contribution in [3.05, 3.63) is 11.9 Å². The second kappa shape index (κ2) is 5.60. The molecular weight excluding hydrogens is 192 g/mol. The van der Waals surface area contributed by atoms with Gasteiger partial charge in [0.2, 0.25) is 0 Å². The fourth-order valence-corrected chi connectivity index (χ4v) is 1.48. The monoisotopic (exact) mass is 210 g/mol. The van der Waals surface area contributed by atoms with Crippen molar-refractivity contribution in [2.24, 2.45) is 5.92 Å². The van der Waals surface area contributed by atoms with E-state index in [1.807, 2.05) is 20.9 Å². The van der Waals surface area contributed by atoms with Gasteiger partial charge in [0, 0.05) is 19.0 Å². The predicted molar refractivity (Wildman–Crippen MR) is 57.7 cm³/mol. The summed E-state index contributed by atoms with van der Waals surface area (Å²) in [6.07, 6.45) is 2.49. The fraction of sp³-hybridized carbons (Fsp3) is 0.700. The molecule has 15 heavy (non-hydrogen) atoms. The van der Waals surface area contributed by atoms with Gasteiger partial charge in [0.15, 0.2) is 5.78 Å². The molecule has 0 aromatic carbocycles. The highest BCUT2D eigenvalue weighted by atomic mass is 16.1. The van der Waals surface area contributed by atoms with E-state index >= 15 is 0 Å². The third kappa shape index (κ3) is 2.86. The summed E-state index contributed by atoms with van der Waals surface area (Å²) in [5.41, 5.74) is 0.611. The molecule has 0 fully saturated rings. The molecular formula is C10H18N4O.